The van der Waals surface area contributed by atoms with Gasteiger partial charge in [-0.05, 0) is 0 Å². The average Bonchev–Trinajstić information content (AvgIpc) is 1.27. The molecule has 0 aromatic heterocycles. The van der Waals surface area contributed by atoms with Gasteiger partial charge >= 0.3 is 0 Å². The summed E-state index contributed by atoms with van der Waals surface area (Å²) in [4.78, 5) is 0. The fraction of sp³-hybridized carbons (Fsp3) is 1.00. The second-order valence-corrected chi connectivity index (χ2v) is 6.65. The summed E-state index contributed by atoms with van der Waals surface area (Å²) in [5.41, 5.74) is 0. The van der Waals surface area contributed by atoms with E-state index in [0.717, 1.165) is 0 Å². The maximum absolute atomic E-state index is 11.0. The maximum atomic E-state index is 11.0. The van der Waals surface area contributed by atoms with Crippen LogP contribution in [0.25, 0.3) is 0 Å². The van der Waals surface area contributed by atoms with Crippen LogP contribution in [0.5, 0.6) is 0 Å². The normalized spacial score (nSPS) is 18.0. The average molecular weight is 139 g/mol. The van der Waals surface area contributed by atoms with Gasteiger partial charge in [0.1, 0.15) is 0 Å². The van der Waals surface area contributed by atoms with E-state index in [1.165, 1.54) is 16.8 Å². The van der Waals surface area contributed by atoms with Gasteiger partial charge < -0.3 is 0 Å². The first-order chi connectivity index (χ1) is 3.20. The molecule has 0 atom stereocenters. The summed E-state index contributed by atoms with van der Waals surface area (Å²) < 4.78 is 21.3. The van der Waals surface area contributed by atoms with E-state index in [0.29, 0.717) is 0 Å². The van der Waals surface area contributed by atoms with E-state index in [2.05, 4.69) is 0 Å². The zero-order chi connectivity index (χ0) is 7.02. The topological polar surface area (TPSA) is 40.5 Å². The highest BCUT2D eigenvalue weighted by Gasteiger charge is 2.14. The first-order valence-electron chi connectivity index (χ1n) is 2.24. The number of hydrogen-bond donors (Lipinski definition) is 1. The van der Waals surface area contributed by atoms with E-state index in [-0.39, 0.29) is 0 Å². The molecule has 0 bridgehead atoms. The lowest BCUT2D eigenvalue weighted by molar-refractivity contribution is 0.447. The fourth-order valence-electron chi connectivity index (χ4n) is 0. The molecule has 0 heterocycles. The minimum atomic E-state index is -3.38. The first-order valence-corrected chi connectivity index (χ1v) is 4.94. The highest BCUT2D eigenvalue weighted by Crippen LogP contribution is 2.12. The zero-order valence-corrected chi connectivity index (χ0v) is 6.53. The lowest BCUT2D eigenvalue weighted by Gasteiger charge is -2.40. The molecular formula is C4H13NO2S. The van der Waals surface area contributed by atoms with Crippen LogP contribution in [0.4, 0.5) is 0 Å². The smallest absolute Gasteiger partial charge is 0.0364 e. The predicted molar refractivity (Wildman–Crippen MR) is 36.3 cm³/mol. The second-order valence-electron chi connectivity index (χ2n) is 2.51. The summed E-state index contributed by atoms with van der Waals surface area (Å²) in [5, 5.41) is 0. The Labute approximate surface area is 50.0 Å². The minimum Gasteiger partial charge on any atom is -0.290 e. The van der Waals surface area contributed by atoms with E-state index in [9.17, 15) is 4.21 Å². The third-order valence-corrected chi connectivity index (χ3v) is 3.13. The summed E-state index contributed by atoms with van der Waals surface area (Å²) >= 11 is 0. The Bertz CT molecular complexity index is 135. The summed E-state index contributed by atoms with van der Waals surface area (Å²) in [6.45, 7) is 0. The molecule has 1 N–H and O–H groups in total. The lowest BCUT2D eigenvalue weighted by atomic mass is 11.3. The second kappa shape index (κ2) is 1.52. The van der Waals surface area contributed by atoms with Crippen molar-refractivity contribution in [3.05, 3.63) is 0 Å². The van der Waals surface area contributed by atoms with Crippen LogP contribution in [0, 0.1) is 0 Å². The van der Waals surface area contributed by atoms with Crippen molar-refractivity contribution in [2.24, 2.45) is 0 Å². The van der Waals surface area contributed by atoms with E-state index in [1.807, 2.05) is 0 Å². The largest absolute Gasteiger partial charge is 0.290 e. The van der Waals surface area contributed by atoms with Gasteiger partial charge in [0.15, 0.2) is 0 Å². The Hall–Kier alpha value is 0.0700. The summed E-state index contributed by atoms with van der Waals surface area (Å²) in [6.07, 6.45) is 2.63. The maximum Gasteiger partial charge on any atom is 0.0364 e. The third kappa shape index (κ3) is 2.40. The first kappa shape index (κ1) is 8.07. The van der Waals surface area contributed by atoms with Gasteiger partial charge in [0, 0.05) is 26.6 Å². The lowest BCUT2D eigenvalue weighted by Crippen LogP contribution is -2.43. The van der Waals surface area contributed by atoms with Crippen molar-refractivity contribution >= 4 is 9.53 Å². The minimum absolute atomic E-state index is 1.32. The molecular weight excluding hydrogens is 126 g/mol. The predicted octanol–water partition coefficient (Wildman–Crippen LogP) is 0.0157. The number of rotatable bonds is 1. The van der Waals surface area contributed by atoms with Gasteiger partial charge in [-0.25, -0.2) is 4.31 Å². The van der Waals surface area contributed by atoms with E-state index in [4.69, 9.17) is 4.55 Å². The van der Waals surface area contributed by atoms with Gasteiger partial charge in [-0.15, -0.1) is 9.53 Å². The molecule has 0 fully saturated rings. The van der Waals surface area contributed by atoms with E-state index < -0.39 is 9.53 Å². The number of hydrogen-bond acceptors (Lipinski definition) is 1. The third-order valence-electron chi connectivity index (χ3n) is 1.04. The number of nitrogens with zero attached hydrogens (tertiary/aromatic N) is 1. The summed E-state index contributed by atoms with van der Waals surface area (Å²) in [6, 6.07) is 0. The van der Waals surface area contributed by atoms with Crippen molar-refractivity contribution in [1.29, 1.82) is 0 Å². The van der Waals surface area contributed by atoms with Crippen LogP contribution in [0.3, 0.4) is 0 Å². The molecule has 0 radical (unpaired) electrons. The van der Waals surface area contributed by atoms with Crippen LogP contribution in [-0.4, -0.2) is 39.7 Å². The molecule has 0 aliphatic rings. The fourth-order valence-corrected chi connectivity index (χ4v) is 0. The van der Waals surface area contributed by atoms with Gasteiger partial charge in [0.05, 0.1) is 0 Å². The van der Waals surface area contributed by atoms with Crippen molar-refractivity contribution in [3.8, 4) is 0 Å². The Morgan fingerprint density at radius 1 is 1.38 bits per heavy atom. The molecule has 3 nitrogen and oxygen atoms in total. The molecule has 0 rings (SSSR count). The van der Waals surface area contributed by atoms with E-state index in [1.54, 1.807) is 14.1 Å². The van der Waals surface area contributed by atoms with Crippen molar-refractivity contribution in [2.75, 3.05) is 26.6 Å². The molecule has 0 aliphatic carbocycles. The molecule has 0 amide bonds. The monoisotopic (exact) mass is 139 g/mol. The summed E-state index contributed by atoms with van der Waals surface area (Å²) in [7, 11) is -0.225. The Morgan fingerprint density at radius 2 is 1.50 bits per heavy atom. The molecule has 0 aromatic rings. The van der Waals surface area contributed by atoms with Crippen molar-refractivity contribution in [1.82, 2.24) is 4.31 Å². The van der Waals surface area contributed by atoms with Gasteiger partial charge in [0.2, 0.25) is 0 Å². The van der Waals surface area contributed by atoms with Crippen molar-refractivity contribution in [2.45, 2.75) is 0 Å². The quantitative estimate of drug-likeness (QED) is 0.556. The Morgan fingerprint density at radius 3 is 1.50 bits per heavy atom. The molecule has 0 aromatic carbocycles. The van der Waals surface area contributed by atoms with E-state index >= 15 is 0 Å². The Kier molecular flexibility index (Phi) is 1.54. The molecule has 4 heteroatoms. The molecule has 0 aliphatic heterocycles. The van der Waals surface area contributed by atoms with Gasteiger partial charge in [-0.1, -0.05) is 0 Å². The van der Waals surface area contributed by atoms with Crippen molar-refractivity contribution in [3.63, 3.8) is 0 Å². The van der Waals surface area contributed by atoms with Gasteiger partial charge in [0.25, 0.3) is 0 Å². The van der Waals surface area contributed by atoms with Crippen LogP contribution in [-0.2, 0) is 9.53 Å². The van der Waals surface area contributed by atoms with Crippen molar-refractivity contribution < 1.29 is 8.76 Å². The molecule has 52 valence electrons. The van der Waals surface area contributed by atoms with Crippen LogP contribution in [0.15, 0.2) is 0 Å². The molecule has 0 unspecified atom stereocenters. The van der Waals surface area contributed by atoms with Gasteiger partial charge in [-0.2, -0.15) is 4.21 Å². The van der Waals surface area contributed by atoms with Crippen LogP contribution in [0.2, 0.25) is 0 Å². The standard InChI is InChI=1S/C4H13NO2S/c1-5(2)8(3,4,6)7/h1-4H3,(H,6,7). The SMILES string of the molecule is CN(C)S(C)(C)(=O)O. The Balaban J connectivity index is 4.40. The van der Waals surface area contributed by atoms with Crippen LogP contribution in [0.1, 0.15) is 0 Å². The molecule has 8 heavy (non-hydrogen) atoms. The van der Waals surface area contributed by atoms with Gasteiger partial charge in [-0.3, -0.25) is 4.55 Å². The molecule has 0 saturated carbocycles. The highest BCUT2D eigenvalue weighted by atomic mass is 32.3. The highest BCUT2D eigenvalue weighted by molar-refractivity contribution is 8.11. The van der Waals surface area contributed by atoms with Crippen LogP contribution < -0.4 is 0 Å². The van der Waals surface area contributed by atoms with Crippen LogP contribution >= 0.6 is 0 Å². The molecule has 0 saturated heterocycles. The zero-order valence-electron chi connectivity index (χ0n) is 5.71. The molecule has 0 spiro atoms. The summed E-state index contributed by atoms with van der Waals surface area (Å²) in [5.74, 6) is 0.